The van der Waals surface area contributed by atoms with Crippen molar-refractivity contribution in [3.05, 3.63) is 100 Å². The number of allylic oxidation sites excluding steroid dienone is 2. The molecule has 1 saturated carbocycles. The van der Waals surface area contributed by atoms with E-state index in [-0.39, 0.29) is 54.7 Å². The molecule has 3 fully saturated rings. The van der Waals surface area contributed by atoms with Crippen LogP contribution in [0.5, 0.6) is 11.5 Å². The van der Waals surface area contributed by atoms with Crippen LogP contribution in [0.4, 0.5) is 5.69 Å². The van der Waals surface area contributed by atoms with E-state index in [2.05, 4.69) is 5.43 Å². The van der Waals surface area contributed by atoms with Gasteiger partial charge < -0.3 is 14.9 Å². The summed E-state index contributed by atoms with van der Waals surface area (Å²) >= 11 is 6.59. The molecule has 50 heavy (non-hydrogen) atoms. The number of anilines is 1. The first-order valence-electron chi connectivity index (χ1n) is 16.6. The number of fused-ring (bicyclic) bond motifs is 4. The van der Waals surface area contributed by atoms with Gasteiger partial charge in [0.25, 0.3) is 11.8 Å². The molecule has 0 aromatic heterocycles. The number of benzene rings is 3. The molecule has 0 unspecified atom stereocenters. The number of aliphatic carboxylic acids is 1. The lowest BCUT2D eigenvalue weighted by Crippen LogP contribution is -2.53. The number of phenols is 1. The third kappa shape index (κ3) is 5.05. The maximum Gasteiger partial charge on any atom is 0.303 e. The van der Waals surface area contributed by atoms with E-state index in [9.17, 15) is 29.4 Å². The number of hydrogen-bond donors (Lipinski definition) is 3. The fourth-order valence-corrected chi connectivity index (χ4v) is 8.93. The number of methoxy groups -OCH3 is 1. The summed E-state index contributed by atoms with van der Waals surface area (Å²) in [4.78, 5) is 70.1. The van der Waals surface area contributed by atoms with Crippen molar-refractivity contribution in [1.29, 1.82) is 0 Å². The van der Waals surface area contributed by atoms with Gasteiger partial charge in [-0.15, -0.1) is 0 Å². The second-order valence-electron chi connectivity index (χ2n) is 13.5. The minimum absolute atomic E-state index is 0.0151. The van der Waals surface area contributed by atoms with E-state index in [0.29, 0.717) is 16.8 Å². The zero-order valence-electron chi connectivity index (χ0n) is 27.5. The van der Waals surface area contributed by atoms with E-state index >= 15 is 4.79 Å². The molecule has 12 heteroatoms. The van der Waals surface area contributed by atoms with Crippen molar-refractivity contribution in [2.75, 3.05) is 19.1 Å². The van der Waals surface area contributed by atoms with Gasteiger partial charge in [0.15, 0.2) is 11.5 Å². The molecule has 3 N–H and O–H groups in total. The van der Waals surface area contributed by atoms with E-state index < -0.39 is 58.7 Å². The first-order chi connectivity index (χ1) is 24.0. The molecule has 6 atom stereocenters. The number of carboxylic acids is 1. The number of carboxylic acid groups (broad SMARTS) is 1. The summed E-state index contributed by atoms with van der Waals surface area (Å²) in [5.74, 6) is -6.86. The molecule has 0 spiro atoms. The number of hydrogen-bond acceptors (Lipinski definition) is 8. The number of rotatable bonds is 9. The number of nitrogens with one attached hydrogen (secondary N) is 1. The van der Waals surface area contributed by atoms with Crippen molar-refractivity contribution >= 4 is 46.9 Å². The summed E-state index contributed by atoms with van der Waals surface area (Å²) in [5, 5.41) is 21.0. The average molecular weight is 698 g/mol. The highest BCUT2D eigenvalue weighted by atomic mass is 35.5. The third-order valence-electron chi connectivity index (χ3n) is 10.9. The lowest BCUT2D eigenvalue weighted by molar-refractivity contribution is -0.142. The molecule has 3 aromatic carbocycles. The molecule has 2 saturated heterocycles. The van der Waals surface area contributed by atoms with Crippen LogP contribution in [0.2, 0.25) is 5.02 Å². The number of phenolic OH excluding ortho intramolecular Hbond substituents is 1. The van der Waals surface area contributed by atoms with Gasteiger partial charge in [0, 0.05) is 18.9 Å². The number of aromatic hydroxyl groups is 1. The number of nitrogens with zero attached hydrogens (tertiary/aromatic N) is 2. The van der Waals surface area contributed by atoms with Crippen LogP contribution in [0.15, 0.2) is 78.4 Å². The molecule has 0 bridgehead atoms. The first-order valence-corrected chi connectivity index (χ1v) is 17.0. The van der Waals surface area contributed by atoms with Crippen molar-refractivity contribution in [3.63, 3.8) is 0 Å². The van der Waals surface area contributed by atoms with Crippen LogP contribution < -0.4 is 10.2 Å². The number of carbonyl (C=O) groups is 5. The maximum atomic E-state index is 15.2. The molecule has 4 aliphatic rings. The van der Waals surface area contributed by atoms with Gasteiger partial charge in [0.1, 0.15) is 0 Å². The van der Waals surface area contributed by atoms with Gasteiger partial charge in [0.2, 0.25) is 11.8 Å². The maximum absolute atomic E-state index is 15.2. The number of hydrazine groups is 1. The van der Waals surface area contributed by atoms with Crippen molar-refractivity contribution in [2.45, 2.75) is 43.9 Å². The summed E-state index contributed by atoms with van der Waals surface area (Å²) in [6.07, 6.45) is 2.19. The molecular formula is C38H36ClN3O8. The Balaban J connectivity index is 1.42. The fraction of sp³-hybridized carbons (Fsp3) is 0.342. The normalized spacial score (nSPS) is 27.1. The van der Waals surface area contributed by atoms with Crippen LogP contribution in [-0.2, 0) is 29.4 Å². The van der Waals surface area contributed by atoms with Crippen molar-refractivity contribution < 1.29 is 38.9 Å². The Bertz CT molecular complexity index is 1950. The largest absolute Gasteiger partial charge is 0.503 e. The van der Waals surface area contributed by atoms with Crippen LogP contribution in [0.1, 0.15) is 48.3 Å². The third-order valence-corrected chi connectivity index (χ3v) is 11.1. The van der Waals surface area contributed by atoms with Crippen molar-refractivity contribution in [2.24, 2.45) is 23.7 Å². The zero-order valence-corrected chi connectivity index (χ0v) is 28.2. The summed E-state index contributed by atoms with van der Waals surface area (Å²) in [5.41, 5.74) is 4.91. The number of imide groups is 2. The molecule has 258 valence electrons. The van der Waals surface area contributed by atoms with Gasteiger partial charge in [-0.3, -0.25) is 34.3 Å². The summed E-state index contributed by atoms with van der Waals surface area (Å²) in [6.45, 7) is 1.91. The Kier molecular flexibility index (Phi) is 8.42. The van der Waals surface area contributed by atoms with Gasteiger partial charge in [-0.05, 0) is 67.5 Å². The van der Waals surface area contributed by atoms with E-state index in [1.54, 1.807) is 24.3 Å². The second-order valence-corrected chi connectivity index (χ2v) is 13.9. The number of amides is 4. The molecule has 11 nitrogen and oxygen atoms in total. The highest BCUT2D eigenvalue weighted by Gasteiger charge is 2.70. The first kappa shape index (κ1) is 33.3. The Morgan fingerprint density at radius 2 is 1.72 bits per heavy atom. The number of halogens is 1. The summed E-state index contributed by atoms with van der Waals surface area (Å²) in [6, 6.07) is 19.5. The molecular weight excluding hydrogens is 662 g/mol. The van der Waals surface area contributed by atoms with Gasteiger partial charge in [-0.2, -0.15) is 5.01 Å². The molecule has 2 aliphatic heterocycles. The summed E-state index contributed by atoms with van der Waals surface area (Å²) in [7, 11) is 1.39. The van der Waals surface area contributed by atoms with Crippen molar-refractivity contribution in [1.82, 2.24) is 9.91 Å². The summed E-state index contributed by atoms with van der Waals surface area (Å²) < 4.78 is 5.49. The quantitative estimate of drug-likeness (QED) is 0.202. The molecule has 2 heterocycles. The lowest BCUT2D eigenvalue weighted by Gasteiger charge is -2.50. The van der Waals surface area contributed by atoms with Crippen LogP contribution in [-0.4, -0.2) is 63.4 Å². The predicted molar refractivity (Wildman–Crippen MR) is 182 cm³/mol. The SMILES string of the molecule is COc1cc([C@H]2C3=CC[C@@H]4C(=O)N(CCCC(=O)O)C(=O)[C@@H]4[C@@H]3C[C@H]3C(=O)N(Nc4ccc(C)cc4)C(=O)[C@@]23c2ccccc2)cc(Cl)c1O. The van der Waals surface area contributed by atoms with Crippen molar-refractivity contribution in [3.8, 4) is 11.5 Å². The minimum atomic E-state index is -1.51. The predicted octanol–water partition coefficient (Wildman–Crippen LogP) is 5.21. The molecule has 4 amide bonds. The Morgan fingerprint density at radius 3 is 2.40 bits per heavy atom. The molecule has 3 aromatic rings. The van der Waals surface area contributed by atoms with E-state index in [1.165, 1.54) is 7.11 Å². The number of ether oxygens (including phenoxy) is 1. The standard InChI is InChI=1S/C38H36ClN3O8/c1-20-10-12-23(13-11-20)40-42-35(47)27-19-26-24(14-15-25-31(26)36(48)41(34(25)46)16-6-9-30(43)44)32(21-17-28(39)33(45)29(18-21)50-2)38(27,37(42)49)22-7-4-3-5-8-22/h3-5,7-8,10-14,17-18,25-27,31-32,40,45H,6,9,15-16,19H2,1-2H3,(H,43,44)/t25-,26+,27-,31-,32-,38+/m0/s1. The molecule has 7 rings (SSSR count). The van der Waals surface area contributed by atoms with E-state index in [1.807, 2.05) is 55.5 Å². The fourth-order valence-electron chi connectivity index (χ4n) is 8.71. The van der Waals surface area contributed by atoms with Crippen LogP contribution in [0, 0.1) is 30.6 Å². The monoisotopic (exact) mass is 697 g/mol. The van der Waals surface area contributed by atoms with Crippen LogP contribution >= 0.6 is 11.6 Å². The van der Waals surface area contributed by atoms with Crippen LogP contribution in [0.25, 0.3) is 0 Å². The number of likely N-dealkylation sites (tertiary alicyclic amines) is 1. The average Bonchev–Trinajstić information content (AvgIpc) is 3.47. The van der Waals surface area contributed by atoms with Gasteiger partial charge in [0.05, 0.1) is 41.0 Å². The van der Waals surface area contributed by atoms with E-state index in [4.69, 9.17) is 16.3 Å². The molecule has 0 radical (unpaired) electrons. The Labute approximate surface area is 293 Å². The Morgan fingerprint density at radius 1 is 1.00 bits per heavy atom. The number of aryl methyl sites for hydroxylation is 1. The van der Waals surface area contributed by atoms with E-state index in [0.717, 1.165) is 21.0 Å². The van der Waals surface area contributed by atoms with Gasteiger partial charge in [-0.1, -0.05) is 71.3 Å². The van der Waals surface area contributed by atoms with Gasteiger partial charge in [-0.25, -0.2) is 0 Å². The number of carbonyl (C=O) groups excluding carboxylic acids is 4. The highest BCUT2D eigenvalue weighted by Crippen LogP contribution is 2.64. The van der Waals surface area contributed by atoms with Crippen LogP contribution in [0.3, 0.4) is 0 Å². The Hall–Kier alpha value is -5.16. The zero-order chi connectivity index (χ0) is 35.5. The lowest BCUT2D eigenvalue weighted by atomic mass is 9.49. The minimum Gasteiger partial charge on any atom is -0.503 e. The second kappa shape index (κ2) is 12.6. The smallest absolute Gasteiger partial charge is 0.303 e. The highest BCUT2D eigenvalue weighted by molar-refractivity contribution is 6.32. The molecule has 2 aliphatic carbocycles. The van der Waals surface area contributed by atoms with Gasteiger partial charge >= 0.3 is 5.97 Å². The topological polar surface area (TPSA) is 154 Å².